The van der Waals surface area contributed by atoms with E-state index in [4.69, 9.17) is 60.6 Å². The molecule has 1 fully saturated rings. The van der Waals surface area contributed by atoms with Crippen LogP contribution < -0.4 is 5.32 Å². The molecule has 0 bridgehead atoms. The molecule has 9 nitrogen and oxygen atoms in total. The number of amides is 2. The number of β-lactam (4-membered cyclic amide) rings is 1. The first-order valence-electron chi connectivity index (χ1n) is 13.9. The molecule has 0 aliphatic carbocycles. The Hall–Kier alpha value is -3.41. The molecular weight excluding hydrogens is 698 g/mol. The zero-order valence-electron chi connectivity index (χ0n) is 23.8. The average Bonchev–Trinajstić information content (AvgIpc) is 3.05. The molecule has 2 aliphatic rings. The molecule has 3 aromatic rings. The second-order valence-electron chi connectivity index (χ2n) is 10.2. The van der Waals surface area contributed by atoms with Gasteiger partial charge in [-0.1, -0.05) is 137 Å². The van der Waals surface area contributed by atoms with Gasteiger partial charge in [-0.2, -0.15) is 0 Å². The predicted molar refractivity (Wildman–Crippen MR) is 175 cm³/mol. The highest BCUT2D eigenvalue weighted by molar-refractivity contribution is 8.00. The van der Waals surface area contributed by atoms with Gasteiger partial charge < -0.3 is 19.5 Å². The van der Waals surface area contributed by atoms with Gasteiger partial charge in [0.1, 0.15) is 23.7 Å². The highest BCUT2D eigenvalue weighted by Crippen LogP contribution is 2.42. The molecule has 3 atom stereocenters. The summed E-state index contributed by atoms with van der Waals surface area (Å²) in [5.41, 5.74) is 0.708. The monoisotopic (exact) mass is 722 g/mol. The maximum Gasteiger partial charge on any atom is 0.510 e. The van der Waals surface area contributed by atoms with Crippen LogP contribution in [0.5, 0.6) is 0 Å². The van der Waals surface area contributed by atoms with Crippen LogP contribution in [0.4, 0.5) is 4.79 Å². The number of halogens is 4. The van der Waals surface area contributed by atoms with Gasteiger partial charge in [-0.3, -0.25) is 14.5 Å². The van der Waals surface area contributed by atoms with Crippen LogP contribution in [0.3, 0.4) is 0 Å². The molecule has 1 saturated heterocycles. The summed E-state index contributed by atoms with van der Waals surface area (Å²) in [5.74, 6) is -1.52. The number of benzene rings is 3. The summed E-state index contributed by atoms with van der Waals surface area (Å²) in [5, 5.41) is 2.18. The summed E-state index contributed by atoms with van der Waals surface area (Å²) in [4.78, 5) is 53.9. The van der Waals surface area contributed by atoms with E-state index in [9.17, 15) is 19.2 Å². The van der Waals surface area contributed by atoms with E-state index >= 15 is 0 Å². The molecule has 0 spiro atoms. The van der Waals surface area contributed by atoms with Crippen molar-refractivity contribution in [2.45, 2.75) is 33.3 Å². The minimum atomic E-state index is -2.11. The van der Waals surface area contributed by atoms with Crippen LogP contribution in [-0.2, 0) is 35.0 Å². The van der Waals surface area contributed by atoms with Crippen molar-refractivity contribution in [1.82, 2.24) is 10.2 Å². The van der Waals surface area contributed by atoms with Crippen LogP contribution >= 0.6 is 58.2 Å². The van der Waals surface area contributed by atoms with Gasteiger partial charge in [0.25, 0.3) is 5.91 Å². The number of carbonyl (C=O) groups excluding carboxylic acids is 4. The minimum absolute atomic E-state index is 0.0829. The molecule has 2 amide bonds. The molecule has 1 N–H and O–H groups in total. The first-order valence-corrected chi connectivity index (χ1v) is 16.5. The van der Waals surface area contributed by atoms with E-state index in [2.05, 4.69) is 5.32 Å². The summed E-state index contributed by atoms with van der Waals surface area (Å²) in [6.45, 7) is -0.456. The number of esters is 1. The lowest BCUT2D eigenvalue weighted by atomic mass is 10.0. The van der Waals surface area contributed by atoms with Gasteiger partial charge in [0.05, 0.1) is 6.42 Å². The lowest BCUT2D eigenvalue weighted by Crippen LogP contribution is -2.70. The number of alkyl halides is 4. The Labute approximate surface area is 289 Å². The summed E-state index contributed by atoms with van der Waals surface area (Å²) < 4.78 is 14.0. The standard InChI is InChI=1S/C32H26Cl4N2O7S/c33-30(32(34,35)36)45-31(42)43-17-22-18-46-28-24(37-23(39)16-19-10-4-1-5-11-19)27(40)38(28)25(22)29(41)44-26(20-12-6-2-7-13-20)21-14-8-3-9-15-21/h1-15,24,26,28,30H,16-18H2,(H,37,39). The third kappa shape index (κ3) is 8.11. The smallest absolute Gasteiger partial charge is 0.448 e. The fourth-order valence-electron chi connectivity index (χ4n) is 4.87. The van der Waals surface area contributed by atoms with Crippen molar-refractivity contribution in [3.63, 3.8) is 0 Å². The fourth-order valence-corrected chi connectivity index (χ4v) is 6.40. The number of hydrogen-bond donors (Lipinski definition) is 1. The Morgan fingerprint density at radius 2 is 1.46 bits per heavy atom. The number of hydrogen-bond acceptors (Lipinski definition) is 8. The SMILES string of the molecule is O=C(Cc1ccccc1)NC1C(=O)N2C(C(=O)OC(c3ccccc3)c3ccccc3)=C(COC(=O)OC(Cl)C(Cl)(Cl)Cl)CSC12. The Kier molecular flexibility index (Phi) is 11.1. The Balaban J connectivity index is 1.39. The van der Waals surface area contributed by atoms with E-state index in [0.29, 0.717) is 11.1 Å². The van der Waals surface area contributed by atoms with E-state index in [1.165, 1.54) is 16.7 Å². The van der Waals surface area contributed by atoms with Gasteiger partial charge in [0.2, 0.25) is 15.3 Å². The van der Waals surface area contributed by atoms with Crippen molar-refractivity contribution in [3.05, 3.63) is 119 Å². The number of rotatable bonds is 10. The first kappa shape index (κ1) is 33.9. The summed E-state index contributed by atoms with van der Waals surface area (Å²) in [6.07, 6.45) is -1.99. The minimum Gasteiger partial charge on any atom is -0.448 e. The predicted octanol–water partition coefficient (Wildman–Crippen LogP) is 6.30. The Morgan fingerprint density at radius 3 is 2.02 bits per heavy atom. The molecule has 5 rings (SSSR count). The van der Waals surface area contributed by atoms with Crippen molar-refractivity contribution < 1.29 is 33.4 Å². The average molecular weight is 724 g/mol. The van der Waals surface area contributed by atoms with E-state index in [1.807, 2.05) is 91.0 Å². The normalized spacial score (nSPS) is 18.3. The Bertz CT molecular complexity index is 1570. The number of nitrogens with zero attached hydrogens (tertiary/aromatic N) is 1. The summed E-state index contributed by atoms with van der Waals surface area (Å²) >= 11 is 24.1. The molecule has 2 aliphatic heterocycles. The number of fused-ring (bicyclic) bond motifs is 1. The third-order valence-corrected chi connectivity index (χ3v) is 9.70. The van der Waals surface area contributed by atoms with Crippen molar-refractivity contribution in [2.24, 2.45) is 0 Å². The van der Waals surface area contributed by atoms with Crippen LogP contribution in [0.25, 0.3) is 0 Å². The van der Waals surface area contributed by atoms with Crippen LogP contribution in [-0.4, -0.2) is 62.0 Å². The third-order valence-electron chi connectivity index (χ3n) is 7.02. The molecule has 2 heterocycles. The molecule has 46 heavy (non-hydrogen) atoms. The van der Waals surface area contributed by atoms with Crippen molar-refractivity contribution in [2.75, 3.05) is 12.4 Å². The molecule has 240 valence electrons. The molecule has 3 unspecified atom stereocenters. The molecular formula is C32H26Cl4N2O7S. The largest absolute Gasteiger partial charge is 0.510 e. The highest BCUT2D eigenvalue weighted by Gasteiger charge is 2.54. The van der Waals surface area contributed by atoms with Crippen LogP contribution in [0.15, 0.2) is 102 Å². The van der Waals surface area contributed by atoms with Gasteiger partial charge in [-0.15, -0.1) is 11.8 Å². The maximum atomic E-state index is 14.0. The van der Waals surface area contributed by atoms with Gasteiger partial charge in [0, 0.05) is 11.3 Å². The zero-order chi connectivity index (χ0) is 32.8. The molecule has 0 radical (unpaired) electrons. The zero-order valence-corrected chi connectivity index (χ0v) is 27.7. The number of nitrogens with one attached hydrogen (secondary N) is 1. The number of carbonyl (C=O) groups is 4. The summed E-state index contributed by atoms with van der Waals surface area (Å²) in [6, 6.07) is 26.5. The molecule has 3 aromatic carbocycles. The highest BCUT2D eigenvalue weighted by atomic mass is 35.6. The van der Waals surface area contributed by atoms with Gasteiger partial charge in [0.15, 0.2) is 6.10 Å². The van der Waals surface area contributed by atoms with Crippen LogP contribution in [0.2, 0.25) is 0 Å². The first-order chi connectivity index (χ1) is 22.0. The Morgan fingerprint density at radius 1 is 0.891 bits per heavy atom. The fraction of sp³-hybridized carbons (Fsp3) is 0.250. The van der Waals surface area contributed by atoms with Crippen molar-refractivity contribution in [3.8, 4) is 0 Å². The van der Waals surface area contributed by atoms with Crippen molar-refractivity contribution >= 4 is 82.1 Å². The van der Waals surface area contributed by atoms with E-state index in [0.717, 1.165) is 5.56 Å². The number of thioether (sulfide) groups is 1. The lowest BCUT2D eigenvalue weighted by Gasteiger charge is -2.49. The molecule has 0 aromatic heterocycles. The van der Waals surface area contributed by atoms with Gasteiger partial charge in [-0.05, 0) is 16.7 Å². The van der Waals surface area contributed by atoms with E-state index in [-0.39, 0.29) is 29.4 Å². The molecule has 14 heteroatoms. The topological polar surface area (TPSA) is 111 Å². The second kappa shape index (κ2) is 15.0. The van der Waals surface area contributed by atoms with Crippen LogP contribution in [0, 0.1) is 0 Å². The number of ether oxygens (including phenoxy) is 3. The van der Waals surface area contributed by atoms with Gasteiger partial charge >= 0.3 is 12.1 Å². The molecule has 0 saturated carbocycles. The van der Waals surface area contributed by atoms with Crippen LogP contribution in [0.1, 0.15) is 22.8 Å². The van der Waals surface area contributed by atoms with E-state index < -0.39 is 51.5 Å². The van der Waals surface area contributed by atoms with Crippen molar-refractivity contribution in [1.29, 1.82) is 0 Å². The van der Waals surface area contributed by atoms with E-state index in [1.54, 1.807) is 0 Å². The second-order valence-corrected chi connectivity index (χ2v) is 14.1. The maximum absolute atomic E-state index is 14.0. The summed E-state index contributed by atoms with van der Waals surface area (Å²) in [7, 11) is 0. The van der Waals surface area contributed by atoms with Gasteiger partial charge in [-0.25, -0.2) is 9.59 Å². The lowest BCUT2D eigenvalue weighted by molar-refractivity contribution is -0.154. The quantitative estimate of drug-likeness (QED) is 0.147.